The van der Waals surface area contributed by atoms with Gasteiger partial charge in [-0.3, -0.25) is 4.79 Å². The van der Waals surface area contributed by atoms with Crippen LogP contribution in [0.5, 0.6) is 5.75 Å². The number of phenols is 1. The molecule has 2 aromatic carbocycles. The molecule has 5 N–H and O–H groups in total. The number of carbonyl (C=O) groups is 1. The SMILES string of the molecule is Nc1c(NC(=O)CCCC[C@H](F)CF)ccc(NCc2ccc(O)cc2)c1F. The van der Waals surface area contributed by atoms with Crippen molar-refractivity contribution < 1.29 is 23.1 Å². The number of halogens is 3. The summed E-state index contributed by atoms with van der Waals surface area (Å²) in [7, 11) is 0. The van der Waals surface area contributed by atoms with Gasteiger partial charge in [0.25, 0.3) is 0 Å². The van der Waals surface area contributed by atoms with Crippen LogP contribution in [0.25, 0.3) is 0 Å². The number of alkyl halides is 2. The molecule has 0 bridgehead atoms. The molecule has 0 aliphatic heterocycles. The van der Waals surface area contributed by atoms with E-state index in [2.05, 4.69) is 10.6 Å². The van der Waals surface area contributed by atoms with Gasteiger partial charge in [-0.2, -0.15) is 0 Å². The topological polar surface area (TPSA) is 87.4 Å². The van der Waals surface area contributed by atoms with E-state index in [1.54, 1.807) is 12.1 Å². The summed E-state index contributed by atoms with van der Waals surface area (Å²) in [6.45, 7) is -0.689. The second-order valence-electron chi connectivity index (χ2n) is 6.45. The summed E-state index contributed by atoms with van der Waals surface area (Å²) in [6, 6.07) is 9.44. The standard InChI is InChI=1S/C20H24F3N3O2/c21-11-14(22)3-1-2-4-18(28)26-17-10-9-16(19(23)20(17)24)25-12-13-5-7-15(27)8-6-13/h5-10,14,25,27H,1-4,11-12,24H2,(H,26,28)/t14-/m0/s1. The molecule has 1 atom stereocenters. The number of amides is 1. The summed E-state index contributed by atoms with van der Waals surface area (Å²) in [5, 5.41) is 14.7. The number of hydrogen-bond acceptors (Lipinski definition) is 4. The third-order valence-corrected chi connectivity index (χ3v) is 4.21. The van der Waals surface area contributed by atoms with Crippen LogP contribution in [0.1, 0.15) is 31.2 Å². The van der Waals surface area contributed by atoms with Crippen LogP contribution < -0.4 is 16.4 Å². The molecular formula is C20H24F3N3O2. The maximum absolute atomic E-state index is 14.5. The smallest absolute Gasteiger partial charge is 0.224 e. The predicted molar refractivity (Wildman–Crippen MR) is 104 cm³/mol. The number of phenolic OH excluding ortho intramolecular Hbond substituents is 1. The Hall–Kier alpha value is -2.90. The zero-order valence-electron chi connectivity index (χ0n) is 15.4. The number of nitrogen functional groups attached to an aromatic ring is 1. The lowest BCUT2D eigenvalue weighted by atomic mass is 10.1. The maximum atomic E-state index is 14.5. The zero-order valence-corrected chi connectivity index (χ0v) is 15.4. The molecule has 0 radical (unpaired) electrons. The molecule has 0 saturated carbocycles. The summed E-state index contributed by atoms with van der Waals surface area (Å²) in [4.78, 5) is 11.9. The van der Waals surface area contributed by atoms with E-state index in [1.165, 1.54) is 24.3 Å². The first-order valence-corrected chi connectivity index (χ1v) is 9.00. The molecule has 152 valence electrons. The van der Waals surface area contributed by atoms with Crippen molar-refractivity contribution in [3.05, 3.63) is 47.8 Å². The Morgan fingerprint density at radius 2 is 1.79 bits per heavy atom. The molecule has 2 aromatic rings. The third-order valence-electron chi connectivity index (χ3n) is 4.21. The molecule has 0 aliphatic rings. The van der Waals surface area contributed by atoms with Crippen molar-refractivity contribution in [2.45, 2.75) is 38.4 Å². The Kier molecular flexibility index (Phi) is 7.98. The van der Waals surface area contributed by atoms with Gasteiger partial charge in [0, 0.05) is 13.0 Å². The van der Waals surface area contributed by atoms with Crippen molar-refractivity contribution in [1.82, 2.24) is 0 Å². The lowest BCUT2D eigenvalue weighted by Gasteiger charge is -2.13. The van der Waals surface area contributed by atoms with E-state index in [4.69, 9.17) is 5.73 Å². The molecule has 0 fully saturated rings. The molecule has 0 heterocycles. The normalized spacial score (nSPS) is 11.8. The number of benzene rings is 2. The van der Waals surface area contributed by atoms with Crippen LogP contribution in [0.15, 0.2) is 36.4 Å². The zero-order chi connectivity index (χ0) is 20.5. The number of nitrogens with one attached hydrogen (secondary N) is 2. The summed E-state index contributed by atoms with van der Waals surface area (Å²) >= 11 is 0. The van der Waals surface area contributed by atoms with E-state index in [-0.39, 0.29) is 41.6 Å². The molecule has 0 aromatic heterocycles. The highest BCUT2D eigenvalue weighted by Gasteiger charge is 2.13. The van der Waals surface area contributed by atoms with Gasteiger partial charge in [0.1, 0.15) is 18.6 Å². The number of unbranched alkanes of at least 4 members (excludes halogenated alkanes) is 1. The average molecular weight is 395 g/mol. The van der Waals surface area contributed by atoms with Crippen molar-refractivity contribution in [1.29, 1.82) is 0 Å². The van der Waals surface area contributed by atoms with Gasteiger partial charge in [0.2, 0.25) is 5.91 Å². The molecular weight excluding hydrogens is 371 g/mol. The van der Waals surface area contributed by atoms with E-state index >= 15 is 0 Å². The largest absolute Gasteiger partial charge is 0.508 e. The lowest BCUT2D eigenvalue weighted by molar-refractivity contribution is -0.116. The Morgan fingerprint density at radius 3 is 2.46 bits per heavy atom. The summed E-state index contributed by atoms with van der Waals surface area (Å²) < 4.78 is 39.3. The van der Waals surface area contributed by atoms with E-state index < -0.39 is 18.7 Å². The first-order valence-electron chi connectivity index (χ1n) is 9.00. The van der Waals surface area contributed by atoms with Gasteiger partial charge < -0.3 is 21.5 Å². The number of rotatable bonds is 10. The van der Waals surface area contributed by atoms with Crippen LogP contribution in [-0.2, 0) is 11.3 Å². The third kappa shape index (κ3) is 6.37. The van der Waals surface area contributed by atoms with Gasteiger partial charge in [-0.1, -0.05) is 12.1 Å². The highest BCUT2D eigenvalue weighted by atomic mass is 19.2. The summed E-state index contributed by atoms with van der Waals surface area (Å²) in [5.41, 5.74) is 6.77. The van der Waals surface area contributed by atoms with Crippen molar-refractivity contribution in [2.75, 3.05) is 23.0 Å². The molecule has 8 heteroatoms. The Labute approximate surface area is 161 Å². The van der Waals surface area contributed by atoms with Crippen LogP contribution in [0.2, 0.25) is 0 Å². The van der Waals surface area contributed by atoms with Crippen LogP contribution >= 0.6 is 0 Å². The molecule has 1 amide bonds. The fourth-order valence-electron chi connectivity index (χ4n) is 2.59. The first kappa shape index (κ1) is 21.4. The van der Waals surface area contributed by atoms with E-state index in [0.29, 0.717) is 19.4 Å². The molecule has 5 nitrogen and oxygen atoms in total. The molecule has 0 unspecified atom stereocenters. The number of hydrogen-bond donors (Lipinski definition) is 4. The minimum Gasteiger partial charge on any atom is -0.508 e. The highest BCUT2D eigenvalue weighted by molar-refractivity contribution is 5.94. The Morgan fingerprint density at radius 1 is 1.11 bits per heavy atom. The Balaban J connectivity index is 1.88. The maximum Gasteiger partial charge on any atom is 0.224 e. The van der Waals surface area contributed by atoms with Gasteiger partial charge in [-0.05, 0) is 49.1 Å². The average Bonchev–Trinajstić information content (AvgIpc) is 2.69. The molecule has 0 spiro atoms. The fraction of sp³-hybridized carbons (Fsp3) is 0.350. The molecule has 0 saturated heterocycles. The van der Waals surface area contributed by atoms with Gasteiger partial charge in [-0.25, -0.2) is 13.2 Å². The minimum atomic E-state index is -1.49. The lowest BCUT2D eigenvalue weighted by Crippen LogP contribution is -2.14. The number of aromatic hydroxyl groups is 1. The van der Waals surface area contributed by atoms with E-state index in [1.807, 2.05) is 0 Å². The van der Waals surface area contributed by atoms with Crippen LogP contribution in [0.3, 0.4) is 0 Å². The van der Waals surface area contributed by atoms with Crippen molar-refractivity contribution in [3.8, 4) is 5.75 Å². The fourth-order valence-corrected chi connectivity index (χ4v) is 2.59. The van der Waals surface area contributed by atoms with Crippen molar-refractivity contribution in [2.24, 2.45) is 0 Å². The predicted octanol–water partition coefficient (Wildman–Crippen LogP) is 4.53. The highest BCUT2D eigenvalue weighted by Crippen LogP contribution is 2.28. The summed E-state index contributed by atoms with van der Waals surface area (Å²) in [5.74, 6) is -0.905. The Bertz CT molecular complexity index is 785. The van der Waals surface area contributed by atoms with E-state index in [9.17, 15) is 23.1 Å². The summed E-state index contributed by atoms with van der Waals surface area (Å²) in [6.07, 6.45) is -0.513. The van der Waals surface area contributed by atoms with Gasteiger partial charge >= 0.3 is 0 Å². The number of carbonyl (C=O) groups excluding carboxylic acids is 1. The number of anilines is 3. The van der Waals surface area contributed by atoms with Crippen LogP contribution in [-0.4, -0.2) is 23.9 Å². The minimum absolute atomic E-state index is 0.0714. The monoisotopic (exact) mass is 395 g/mol. The quantitative estimate of drug-likeness (QED) is 0.352. The van der Waals surface area contributed by atoms with E-state index in [0.717, 1.165) is 5.56 Å². The van der Waals surface area contributed by atoms with Crippen LogP contribution in [0, 0.1) is 5.82 Å². The number of nitrogens with two attached hydrogens (primary N) is 1. The second-order valence-corrected chi connectivity index (χ2v) is 6.45. The van der Waals surface area contributed by atoms with Gasteiger partial charge in [0.15, 0.2) is 5.82 Å². The van der Waals surface area contributed by atoms with Gasteiger partial charge in [-0.15, -0.1) is 0 Å². The van der Waals surface area contributed by atoms with Crippen molar-refractivity contribution >= 4 is 23.0 Å². The molecule has 28 heavy (non-hydrogen) atoms. The van der Waals surface area contributed by atoms with Crippen molar-refractivity contribution in [3.63, 3.8) is 0 Å². The van der Waals surface area contributed by atoms with Gasteiger partial charge in [0.05, 0.1) is 17.1 Å². The second kappa shape index (κ2) is 10.4. The molecule has 2 rings (SSSR count). The van der Waals surface area contributed by atoms with Crippen LogP contribution in [0.4, 0.5) is 30.2 Å². The molecule has 0 aliphatic carbocycles. The first-order chi connectivity index (χ1) is 13.4.